The summed E-state index contributed by atoms with van der Waals surface area (Å²) in [6.07, 6.45) is 77.4. The third-order valence-electron chi connectivity index (χ3n) is 34.1. The van der Waals surface area contributed by atoms with Crippen molar-refractivity contribution in [2.45, 2.75) is 576 Å². The molecule has 15 heteroatoms. The first-order valence-corrected chi connectivity index (χ1v) is 53.0. The molecule has 0 radical (unpaired) electrons. The number of benzene rings is 1. The van der Waals surface area contributed by atoms with Crippen LogP contribution in [0.3, 0.4) is 0 Å². The minimum absolute atomic E-state index is 0.00861. The summed E-state index contributed by atoms with van der Waals surface area (Å²) in [6, 6.07) is 14.2. The lowest BCUT2D eigenvalue weighted by Gasteiger charge is -2.58. The van der Waals surface area contributed by atoms with Gasteiger partial charge in [0.05, 0.1) is 0 Å². The Bertz CT molecular complexity index is 3050. The predicted octanol–water partition coefficient (Wildman–Crippen LogP) is 30.4. The van der Waals surface area contributed by atoms with Gasteiger partial charge in [0, 0.05) is 66.3 Å². The fraction of sp³-hybridized carbons (Fsp3) is 0.897. The van der Waals surface area contributed by atoms with E-state index in [2.05, 4.69) is 79.9 Å². The monoisotopic (exact) mass is 1700 g/mol. The molecule has 1 aromatic rings. The number of carbonyl (C=O) groups excluding carboxylic acids is 5. The maximum absolute atomic E-state index is 13.7. The molecule has 1 aromatic carbocycles. The average Bonchev–Trinajstić information content (AvgIpc) is 0.745. The number of nitrogens with zero attached hydrogens (tertiary/aromatic N) is 5. The van der Waals surface area contributed by atoms with Crippen LogP contribution in [0.1, 0.15) is 493 Å². The van der Waals surface area contributed by atoms with Crippen molar-refractivity contribution in [2.75, 3.05) is 0 Å². The van der Waals surface area contributed by atoms with Crippen molar-refractivity contribution in [3.05, 3.63) is 35.9 Å². The first-order valence-electron chi connectivity index (χ1n) is 53.0. The maximum atomic E-state index is 13.7. The minimum atomic E-state index is -0.597. The van der Waals surface area contributed by atoms with E-state index >= 15 is 0 Å². The second-order valence-corrected chi connectivity index (χ2v) is 44.2. The quantitative estimate of drug-likeness (QED) is 0.103. The van der Waals surface area contributed by atoms with Crippen LogP contribution < -0.4 is 0 Å². The molecule has 15 aliphatic rings. The Morgan fingerprint density at radius 3 is 0.754 bits per heavy atom. The molecule has 122 heavy (non-hydrogen) atoms. The smallest absolute Gasteiger partial charge is 0.411 e. The zero-order chi connectivity index (χ0) is 86.7. The Balaban J connectivity index is 0.000000149. The van der Waals surface area contributed by atoms with E-state index in [4.69, 9.17) is 23.7 Å². The second kappa shape index (κ2) is 48.3. The van der Waals surface area contributed by atoms with Crippen LogP contribution >= 0.6 is 0 Å². The van der Waals surface area contributed by atoms with Gasteiger partial charge in [-0.05, 0) is 290 Å². The number of carbonyl (C=O) groups is 5. The molecule has 0 atom stereocenters. The molecule has 0 N–H and O–H groups in total. The number of hydrogen-bond donors (Lipinski definition) is 0. The molecule has 0 saturated heterocycles. The van der Waals surface area contributed by atoms with Gasteiger partial charge in [-0.25, -0.2) is 24.0 Å². The van der Waals surface area contributed by atoms with Crippen LogP contribution in [-0.2, 0) is 29.3 Å². The van der Waals surface area contributed by atoms with Gasteiger partial charge in [0.1, 0.15) is 28.0 Å². The predicted molar refractivity (Wildman–Crippen MR) is 498 cm³/mol. The molecule has 0 spiro atoms. The van der Waals surface area contributed by atoms with Gasteiger partial charge < -0.3 is 48.2 Å². The van der Waals surface area contributed by atoms with E-state index in [-0.39, 0.29) is 52.9 Å². The van der Waals surface area contributed by atoms with Crippen molar-refractivity contribution in [3.63, 3.8) is 0 Å². The van der Waals surface area contributed by atoms with Gasteiger partial charge in [0.15, 0.2) is 0 Å². The highest BCUT2D eigenvalue weighted by Gasteiger charge is 2.55. The number of hydrogen-bond acceptors (Lipinski definition) is 10. The Morgan fingerprint density at radius 1 is 0.270 bits per heavy atom. The highest BCUT2D eigenvalue weighted by molar-refractivity contribution is 5.71. The van der Waals surface area contributed by atoms with Crippen molar-refractivity contribution >= 4 is 30.5 Å². The van der Waals surface area contributed by atoms with Crippen LogP contribution in [0.25, 0.3) is 0 Å². The topological polar surface area (TPSA) is 148 Å². The molecule has 696 valence electrons. The van der Waals surface area contributed by atoms with E-state index in [1.54, 1.807) is 0 Å². The number of ether oxygens (including phenoxy) is 5. The van der Waals surface area contributed by atoms with Crippen LogP contribution in [0.15, 0.2) is 30.3 Å². The lowest BCUT2D eigenvalue weighted by Crippen LogP contribution is -2.56. The van der Waals surface area contributed by atoms with E-state index in [0.29, 0.717) is 72.3 Å². The van der Waals surface area contributed by atoms with Crippen molar-refractivity contribution in [1.82, 2.24) is 24.5 Å². The molecule has 15 nitrogen and oxygen atoms in total. The van der Waals surface area contributed by atoms with Gasteiger partial charge in [-0.2, -0.15) is 0 Å². The zero-order valence-electron chi connectivity index (χ0n) is 80.5. The Morgan fingerprint density at radius 2 is 0.500 bits per heavy atom. The van der Waals surface area contributed by atoms with E-state index in [1.807, 2.05) is 58.0 Å². The first-order chi connectivity index (χ1) is 58.9. The standard InChI is InChI=1S/C26H43NO2.C22H33NO2.C21H37NO2.C20H37NO2.C18H33NO2/c1-26(2,24-20-14-18-13-19(16-20)17-21(24)15-18)29-25(28)27(22-9-5-3-6-10-22)23-11-7-4-8-12-23;1-22(2,18-12-6-3-7-13-18)25-21(24)23(19-14-8-4-9-15-19)20-16-10-5-11-17-20;1-21(2,17-11-9-10-12-17)24-20(23)22(18-13-5-3-6-14-18)19-15-7-4-8-16-19;1-4-20(5-2,6-3)23-19(22)21(17-13-9-7-10-14-17)18-15-11-8-12-16-18;1-4-18(2,3)21-17(20)19(15-11-7-5-8-12-15)16-13-9-6-10-14-16/h18-24H,3-17H2,1-2H3;3,6-7,12-13,19-20H,4-5,8-11,14-17H2,1-2H3;17-19H,3-16H2,1-2H3;17-18H,4-16H2,1-3H3;15-16H,4-14H2,1-3H3. The van der Waals surface area contributed by atoms with Crippen molar-refractivity contribution in [2.24, 2.45) is 35.5 Å². The highest BCUT2D eigenvalue weighted by Crippen LogP contribution is 2.60. The molecule has 0 aromatic heterocycles. The van der Waals surface area contributed by atoms with Gasteiger partial charge in [0.25, 0.3) is 0 Å². The second-order valence-electron chi connectivity index (χ2n) is 44.2. The molecular weight excluding hydrogens is 1520 g/mol. The normalized spacial score (nSPS) is 25.9. The molecule has 0 heterocycles. The summed E-state index contributed by atoms with van der Waals surface area (Å²) in [7, 11) is 0. The summed E-state index contributed by atoms with van der Waals surface area (Å²) in [5.41, 5.74) is -0.788. The number of rotatable bonds is 22. The van der Waals surface area contributed by atoms with E-state index in [9.17, 15) is 24.0 Å². The number of amides is 5. The molecule has 0 aliphatic heterocycles. The summed E-state index contributed by atoms with van der Waals surface area (Å²) in [6.45, 7) is 25.3. The van der Waals surface area contributed by atoms with Crippen molar-refractivity contribution < 1.29 is 47.7 Å². The summed E-state index contributed by atoms with van der Waals surface area (Å²) >= 11 is 0. The largest absolute Gasteiger partial charge is 0.443 e. The van der Waals surface area contributed by atoms with Crippen LogP contribution in [0.5, 0.6) is 0 Å². The summed E-state index contributed by atoms with van der Waals surface area (Å²) < 4.78 is 30.8. The summed E-state index contributed by atoms with van der Waals surface area (Å²) in [4.78, 5) is 77.0. The SMILES string of the molecule is CC(C)(OC(=O)N(C1CCCCC1)C1CCCCC1)C1C2CC3CC(C2)CC1C3.CC(C)(OC(=O)N(C1CCCCC1)C1CCCCC1)C1CCCC1.CC(C)(OC(=O)N(C1CCCCC1)C1CCCCC1)c1ccccc1.CCC(C)(C)OC(=O)N(C1CCCCC1)C1CCCCC1.CCC(CC)(CC)OC(=O)N(C1CCCCC1)C1CCCCC1. The fourth-order valence-electron chi connectivity index (χ4n) is 26.7. The lowest BCUT2D eigenvalue weighted by atomic mass is 9.49. The third kappa shape index (κ3) is 27.8. The van der Waals surface area contributed by atoms with Crippen LogP contribution in [-0.4, -0.2) is 138 Å². The van der Waals surface area contributed by atoms with Crippen LogP contribution in [0, 0.1) is 35.5 Å². The van der Waals surface area contributed by atoms with Gasteiger partial charge in [-0.1, -0.05) is 263 Å². The van der Waals surface area contributed by atoms with Crippen molar-refractivity contribution in [1.29, 1.82) is 0 Å². The van der Waals surface area contributed by atoms with Crippen LogP contribution in [0.2, 0.25) is 0 Å². The minimum Gasteiger partial charge on any atom is -0.443 e. The fourth-order valence-corrected chi connectivity index (χ4v) is 26.7. The summed E-state index contributed by atoms with van der Waals surface area (Å²) in [5, 5.41) is 0. The zero-order valence-corrected chi connectivity index (χ0v) is 80.5. The molecule has 15 fully saturated rings. The Kier molecular flexibility index (Phi) is 38.9. The molecule has 5 amide bonds. The molecular formula is C107H183N5O10. The first kappa shape index (κ1) is 98.2. The Labute approximate surface area is 745 Å². The van der Waals surface area contributed by atoms with Gasteiger partial charge in [0.2, 0.25) is 0 Å². The van der Waals surface area contributed by atoms with Gasteiger partial charge >= 0.3 is 30.5 Å². The van der Waals surface area contributed by atoms with Crippen LogP contribution in [0.4, 0.5) is 24.0 Å². The maximum Gasteiger partial charge on any atom is 0.411 e. The lowest BCUT2D eigenvalue weighted by molar-refractivity contribution is -0.136. The van der Waals surface area contributed by atoms with Crippen molar-refractivity contribution in [3.8, 4) is 0 Å². The molecule has 16 rings (SSSR count). The van der Waals surface area contributed by atoms with Gasteiger partial charge in [-0.15, -0.1) is 0 Å². The molecule has 15 saturated carbocycles. The molecule has 15 aliphatic carbocycles. The van der Waals surface area contributed by atoms with Gasteiger partial charge in [-0.3, -0.25) is 0 Å². The van der Waals surface area contributed by atoms with E-state index < -0.39 is 5.60 Å². The van der Waals surface area contributed by atoms with E-state index in [1.165, 1.54) is 327 Å². The third-order valence-corrected chi connectivity index (χ3v) is 34.1. The highest BCUT2D eigenvalue weighted by atomic mass is 16.6. The molecule has 4 bridgehead atoms. The molecule has 0 unspecified atom stereocenters. The average molecular weight is 1700 g/mol. The summed E-state index contributed by atoms with van der Waals surface area (Å²) in [5.74, 6) is 4.67. The van der Waals surface area contributed by atoms with E-state index in [0.717, 1.165) is 106 Å². The Hall–Kier alpha value is -4.43.